The van der Waals surface area contributed by atoms with Crippen LogP contribution in [-0.4, -0.2) is 23.7 Å². The van der Waals surface area contributed by atoms with Crippen LogP contribution in [0.3, 0.4) is 0 Å². The molecule has 2 fully saturated rings. The molecule has 0 unspecified atom stereocenters. The SMILES string of the molecule is Cc1ccsc1CNCC[C@]1(c2ccccn2)CCOC2(CCCC2)C1. The Morgan fingerprint density at radius 3 is 2.81 bits per heavy atom. The van der Waals surface area contributed by atoms with Gasteiger partial charge in [0, 0.05) is 35.3 Å². The van der Waals surface area contributed by atoms with Gasteiger partial charge >= 0.3 is 0 Å². The maximum Gasteiger partial charge on any atom is 0.0691 e. The number of hydrogen-bond acceptors (Lipinski definition) is 4. The van der Waals surface area contributed by atoms with Gasteiger partial charge in [-0.2, -0.15) is 0 Å². The van der Waals surface area contributed by atoms with E-state index >= 15 is 0 Å². The van der Waals surface area contributed by atoms with Gasteiger partial charge in [0.2, 0.25) is 0 Å². The van der Waals surface area contributed by atoms with E-state index in [1.165, 1.54) is 41.8 Å². The first-order chi connectivity index (χ1) is 12.7. The molecule has 26 heavy (non-hydrogen) atoms. The van der Waals surface area contributed by atoms with E-state index in [4.69, 9.17) is 9.72 Å². The van der Waals surface area contributed by atoms with Crippen LogP contribution in [0.2, 0.25) is 0 Å². The third-order valence-electron chi connectivity index (χ3n) is 6.41. The third-order valence-corrected chi connectivity index (χ3v) is 7.43. The molecule has 1 saturated carbocycles. The number of nitrogens with zero attached hydrogens (tertiary/aromatic N) is 1. The highest BCUT2D eigenvalue weighted by atomic mass is 32.1. The van der Waals surface area contributed by atoms with Gasteiger partial charge in [-0.3, -0.25) is 4.98 Å². The van der Waals surface area contributed by atoms with E-state index in [-0.39, 0.29) is 11.0 Å². The summed E-state index contributed by atoms with van der Waals surface area (Å²) < 4.78 is 6.34. The van der Waals surface area contributed by atoms with Crippen LogP contribution in [-0.2, 0) is 16.7 Å². The van der Waals surface area contributed by atoms with Crippen molar-refractivity contribution < 1.29 is 4.74 Å². The molecule has 2 aliphatic rings. The summed E-state index contributed by atoms with van der Waals surface area (Å²) in [6, 6.07) is 8.61. The van der Waals surface area contributed by atoms with Gasteiger partial charge in [0.15, 0.2) is 0 Å². The minimum absolute atomic E-state index is 0.111. The standard InChI is InChI=1S/C22H30N2OS/c1-18-7-15-26-19(18)16-23-13-10-21(20-6-2-5-12-24-20)11-14-25-22(17-21)8-3-4-9-22/h2,5-7,12,15,23H,3-4,8-11,13-14,16-17H2,1H3/t21-/m0/s1. The molecule has 1 aliphatic heterocycles. The monoisotopic (exact) mass is 370 g/mol. The van der Waals surface area contributed by atoms with Crippen LogP contribution in [0.25, 0.3) is 0 Å². The maximum atomic E-state index is 6.34. The first-order valence-electron chi connectivity index (χ1n) is 10.0. The van der Waals surface area contributed by atoms with E-state index in [1.54, 1.807) is 0 Å². The van der Waals surface area contributed by atoms with Crippen molar-refractivity contribution in [3.8, 4) is 0 Å². The number of ether oxygens (including phenoxy) is 1. The average molecular weight is 371 g/mol. The molecule has 140 valence electrons. The Bertz CT molecular complexity index is 708. The van der Waals surface area contributed by atoms with Crippen molar-refractivity contribution in [3.05, 3.63) is 52.0 Å². The smallest absolute Gasteiger partial charge is 0.0691 e. The molecule has 1 aliphatic carbocycles. The maximum absolute atomic E-state index is 6.34. The molecule has 2 aromatic heterocycles. The zero-order valence-electron chi connectivity index (χ0n) is 15.8. The van der Waals surface area contributed by atoms with Crippen LogP contribution in [0.4, 0.5) is 0 Å². The summed E-state index contributed by atoms with van der Waals surface area (Å²) in [6.45, 7) is 5.08. The van der Waals surface area contributed by atoms with Crippen LogP contribution in [0, 0.1) is 6.92 Å². The fourth-order valence-electron chi connectivity index (χ4n) is 4.91. The Kier molecular flexibility index (Phi) is 5.44. The predicted octanol–water partition coefficient (Wildman–Crippen LogP) is 4.99. The molecule has 0 bridgehead atoms. The lowest BCUT2D eigenvalue weighted by molar-refractivity contribution is -0.104. The van der Waals surface area contributed by atoms with Crippen molar-refractivity contribution in [1.29, 1.82) is 0 Å². The summed E-state index contributed by atoms with van der Waals surface area (Å²) in [5.74, 6) is 0. The predicted molar refractivity (Wildman–Crippen MR) is 108 cm³/mol. The van der Waals surface area contributed by atoms with Gasteiger partial charge in [-0.15, -0.1) is 11.3 Å². The van der Waals surface area contributed by atoms with Crippen molar-refractivity contribution in [2.45, 2.75) is 69.4 Å². The van der Waals surface area contributed by atoms with E-state index in [0.717, 1.165) is 39.0 Å². The first-order valence-corrected chi connectivity index (χ1v) is 10.9. The highest BCUT2D eigenvalue weighted by Gasteiger charge is 2.48. The van der Waals surface area contributed by atoms with E-state index in [1.807, 2.05) is 23.6 Å². The minimum Gasteiger partial charge on any atom is -0.375 e. The molecular formula is C22H30N2OS. The molecular weight excluding hydrogens is 340 g/mol. The van der Waals surface area contributed by atoms with Crippen LogP contribution >= 0.6 is 11.3 Å². The second kappa shape index (κ2) is 7.79. The number of nitrogens with one attached hydrogen (secondary N) is 1. The van der Waals surface area contributed by atoms with E-state index < -0.39 is 0 Å². The van der Waals surface area contributed by atoms with Gasteiger partial charge in [0.05, 0.1) is 5.60 Å². The Labute approximate surface area is 161 Å². The van der Waals surface area contributed by atoms with Crippen LogP contribution in [0.15, 0.2) is 35.8 Å². The lowest BCUT2D eigenvalue weighted by Gasteiger charge is -2.46. The van der Waals surface area contributed by atoms with Gasteiger partial charge in [0.25, 0.3) is 0 Å². The summed E-state index contributed by atoms with van der Waals surface area (Å²) in [4.78, 5) is 6.25. The minimum atomic E-state index is 0.111. The van der Waals surface area contributed by atoms with Crippen molar-refractivity contribution >= 4 is 11.3 Å². The van der Waals surface area contributed by atoms with Gasteiger partial charge in [-0.25, -0.2) is 0 Å². The van der Waals surface area contributed by atoms with Gasteiger partial charge < -0.3 is 10.1 Å². The van der Waals surface area contributed by atoms with E-state index in [9.17, 15) is 0 Å². The topological polar surface area (TPSA) is 34.2 Å². The van der Waals surface area contributed by atoms with E-state index in [2.05, 4.69) is 35.8 Å². The second-order valence-corrected chi connectivity index (χ2v) is 9.11. The number of rotatable bonds is 6. The quantitative estimate of drug-likeness (QED) is 0.727. The Hall–Kier alpha value is -1.23. The summed E-state index contributed by atoms with van der Waals surface area (Å²) in [5, 5.41) is 5.88. The molecule has 3 nitrogen and oxygen atoms in total. The van der Waals surface area contributed by atoms with Gasteiger partial charge in [-0.1, -0.05) is 18.9 Å². The average Bonchev–Trinajstić information content (AvgIpc) is 3.29. The molecule has 0 amide bonds. The molecule has 1 N–H and O–H groups in total. The molecule has 0 radical (unpaired) electrons. The van der Waals surface area contributed by atoms with Crippen LogP contribution < -0.4 is 5.32 Å². The molecule has 2 aromatic rings. The number of pyridine rings is 1. The zero-order valence-corrected chi connectivity index (χ0v) is 16.6. The summed E-state index contributed by atoms with van der Waals surface area (Å²) in [7, 11) is 0. The molecule has 1 atom stereocenters. The Morgan fingerprint density at radius 2 is 2.08 bits per heavy atom. The summed E-state index contributed by atoms with van der Waals surface area (Å²) >= 11 is 1.85. The number of hydrogen-bond donors (Lipinski definition) is 1. The second-order valence-electron chi connectivity index (χ2n) is 8.11. The Balaban J connectivity index is 1.47. The van der Waals surface area contributed by atoms with Crippen LogP contribution in [0.5, 0.6) is 0 Å². The van der Waals surface area contributed by atoms with Gasteiger partial charge in [0.1, 0.15) is 0 Å². The fraction of sp³-hybridized carbons (Fsp3) is 0.591. The van der Waals surface area contributed by atoms with Crippen molar-refractivity contribution in [2.24, 2.45) is 0 Å². The summed E-state index contributed by atoms with van der Waals surface area (Å²) in [6.07, 6.45) is 10.4. The highest BCUT2D eigenvalue weighted by Crippen LogP contribution is 2.49. The zero-order chi connectivity index (χ0) is 17.9. The number of thiophene rings is 1. The number of aromatic nitrogens is 1. The third kappa shape index (κ3) is 3.73. The lowest BCUT2D eigenvalue weighted by atomic mass is 9.68. The molecule has 0 aromatic carbocycles. The van der Waals surface area contributed by atoms with Crippen molar-refractivity contribution in [3.63, 3.8) is 0 Å². The van der Waals surface area contributed by atoms with Crippen molar-refractivity contribution in [1.82, 2.24) is 10.3 Å². The Morgan fingerprint density at radius 1 is 1.19 bits per heavy atom. The van der Waals surface area contributed by atoms with Gasteiger partial charge in [-0.05, 0) is 74.7 Å². The van der Waals surface area contributed by atoms with Crippen molar-refractivity contribution in [2.75, 3.05) is 13.2 Å². The van der Waals surface area contributed by atoms with Crippen LogP contribution in [0.1, 0.15) is 61.1 Å². The van der Waals surface area contributed by atoms with E-state index in [0.29, 0.717) is 0 Å². The molecule has 1 saturated heterocycles. The number of aryl methyl sites for hydroxylation is 1. The largest absolute Gasteiger partial charge is 0.375 e. The first kappa shape index (κ1) is 18.1. The summed E-state index contributed by atoms with van der Waals surface area (Å²) in [5.41, 5.74) is 2.93. The normalized spacial score (nSPS) is 25.0. The highest BCUT2D eigenvalue weighted by molar-refractivity contribution is 7.10. The molecule has 4 heteroatoms. The molecule has 3 heterocycles. The lowest BCUT2D eigenvalue weighted by Crippen LogP contribution is -2.47. The fourth-order valence-corrected chi connectivity index (χ4v) is 5.79. The molecule has 1 spiro atoms. The molecule has 4 rings (SSSR count).